The molecule has 0 bridgehead atoms. The Morgan fingerprint density at radius 1 is 1.54 bits per heavy atom. The van der Waals surface area contributed by atoms with Crippen LogP contribution in [0.5, 0.6) is 0 Å². The van der Waals surface area contributed by atoms with Crippen LogP contribution >= 0.6 is 0 Å². The van der Waals surface area contributed by atoms with Crippen molar-refractivity contribution in [3.8, 4) is 0 Å². The number of Topliss-reactive ketones (excluding diaryl/α,β-unsaturated/α-hetero) is 1. The van der Waals surface area contributed by atoms with E-state index in [0.29, 0.717) is 5.56 Å². The minimum absolute atomic E-state index is 0.144. The molecular formula is C10H11FNO. The lowest BCUT2D eigenvalue weighted by molar-refractivity contribution is -0.114. The molecule has 2 nitrogen and oxygen atoms in total. The zero-order valence-corrected chi connectivity index (χ0v) is 7.22. The SMILES string of the molecule is [CH2]C(=O)Cc1ccc(F)c(CN)c1. The van der Waals surface area contributed by atoms with E-state index in [9.17, 15) is 9.18 Å². The first kappa shape index (κ1) is 9.86. The lowest BCUT2D eigenvalue weighted by Crippen LogP contribution is -2.03. The van der Waals surface area contributed by atoms with Gasteiger partial charge in [-0.25, -0.2) is 4.39 Å². The van der Waals surface area contributed by atoms with E-state index in [2.05, 4.69) is 6.92 Å². The molecule has 0 saturated carbocycles. The van der Waals surface area contributed by atoms with Crippen LogP contribution in [0.1, 0.15) is 11.1 Å². The Labute approximate surface area is 76.6 Å². The number of hydrogen-bond acceptors (Lipinski definition) is 2. The highest BCUT2D eigenvalue weighted by molar-refractivity contribution is 5.84. The fourth-order valence-corrected chi connectivity index (χ4v) is 1.12. The molecule has 0 atom stereocenters. The summed E-state index contributed by atoms with van der Waals surface area (Å²) in [5, 5.41) is 0. The van der Waals surface area contributed by atoms with Crippen molar-refractivity contribution in [3.05, 3.63) is 42.1 Å². The normalized spacial score (nSPS) is 10.1. The molecule has 0 aliphatic carbocycles. The minimum Gasteiger partial charge on any atom is -0.326 e. The van der Waals surface area contributed by atoms with Gasteiger partial charge in [0, 0.05) is 25.5 Å². The third-order valence-corrected chi connectivity index (χ3v) is 1.73. The topological polar surface area (TPSA) is 43.1 Å². The second-order valence-corrected chi connectivity index (χ2v) is 2.85. The minimum atomic E-state index is -0.331. The highest BCUT2D eigenvalue weighted by Gasteiger charge is 2.03. The lowest BCUT2D eigenvalue weighted by atomic mass is 10.1. The van der Waals surface area contributed by atoms with E-state index >= 15 is 0 Å². The highest BCUT2D eigenvalue weighted by Crippen LogP contribution is 2.10. The number of carbonyl (C=O) groups excluding carboxylic acids is 1. The van der Waals surface area contributed by atoms with Crippen LogP contribution in [0, 0.1) is 12.7 Å². The van der Waals surface area contributed by atoms with Crippen LogP contribution in [-0.4, -0.2) is 5.78 Å². The Morgan fingerprint density at radius 2 is 2.23 bits per heavy atom. The maximum Gasteiger partial charge on any atom is 0.137 e. The molecule has 1 rings (SSSR count). The third kappa shape index (κ3) is 2.63. The largest absolute Gasteiger partial charge is 0.326 e. The van der Waals surface area contributed by atoms with Gasteiger partial charge in [0.15, 0.2) is 0 Å². The Balaban J connectivity index is 2.92. The zero-order chi connectivity index (χ0) is 9.84. The molecule has 1 radical (unpaired) electrons. The molecule has 0 unspecified atom stereocenters. The van der Waals surface area contributed by atoms with Crippen LogP contribution in [0.15, 0.2) is 18.2 Å². The molecule has 0 aliphatic rings. The second-order valence-electron chi connectivity index (χ2n) is 2.85. The summed E-state index contributed by atoms with van der Waals surface area (Å²) in [5.74, 6) is -0.516. The van der Waals surface area contributed by atoms with E-state index in [1.54, 1.807) is 12.1 Å². The van der Waals surface area contributed by atoms with Gasteiger partial charge in [-0.2, -0.15) is 0 Å². The summed E-state index contributed by atoms with van der Waals surface area (Å²) in [6.07, 6.45) is 0.229. The van der Waals surface area contributed by atoms with Gasteiger partial charge in [-0.1, -0.05) is 12.1 Å². The van der Waals surface area contributed by atoms with Crippen molar-refractivity contribution < 1.29 is 9.18 Å². The molecule has 3 heteroatoms. The summed E-state index contributed by atoms with van der Waals surface area (Å²) in [6.45, 7) is 3.39. The standard InChI is InChI=1S/C10H11FNO/c1-7(13)4-8-2-3-10(11)9(5-8)6-12/h2-3,5H,1,4,6,12H2. The van der Waals surface area contributed by atoms with Gasteiger partial charge in [0.25, 0.3) is 0 Å². The van der Waals surface area contributed by atoms with Crippen molar-refractivity contribution in [3.63, 3.8) is 0 Å². The fourth-order valence-electron chi connectivity index (χ4n) is 1.12. The molecule has 0 aromatic heterocycles. The zero-order valence-electron chi connectivity index (χ0n) is 7.22. The van der Waals surface area contributed by atoms with Gasteiger partial charge < -0.3 is 5.73 Å². The lowest BCUT2D eigenvalue weighted by Gasteiger charge is -2.02. The van der Waals surface area contributed by atoms with Gasteiger partial charge in [0.1, 0.15) is 11.6 Å². The third-order valence-electron chi connectivity index (χ3n) is 1.73. The van der Waals surface area contributed by atoms with E-state index in [1.165, 1.54) is 6.07 Å². The average Bonchev–Trinajstić information content (AvgIpc) is 2.07. The summed E-state index contributed by atoms with van der Waals surface area (Å²) in [4.78, 5) is 10.7. The maximum absolute atomic E-state index is 12.9. The molecule has 0 spiro atoms. The predicted octanol–water partition coefficient (Wildman–Crippen LogP) is 1.23. The molecule has 0 saturated heterocycles. The molecule has 1 aromatic rings. The highest BCUT2D eigenvalue weighted by atomic mass is 19.1. The summed E-state index contributed by atoms with van der Waals surface area (Å²) in [7, 11) is 0. The molecular weight excluding hydrogens is 169 g/mol. The summed E-state index contributed by atoms with van der Waals surface area (Å²) >= 11 is 0. The predicted molar refractivity (Wildman–Crippen MR) is 48.4 cm³/mol. The van der Waals surface area contributed by atoms with Crippen LogP contribution in [0.4, 0.5) is 4.39 Å². The average molecular weight is 180 g/mol. The molecule has 0 fully saturated rings. The maximum atomic E-state index is 12.9. The van der Waals surface area contributed by atoms with Crippen LogP contribution < -0.4 is 5.73 Å². The van der Waals surface area contributed by atoms with E-state index in [0.717, 1.165) is 5.56 Å². The first-order valence-corrected chi connectivity index (χ1v) is 3.95. The molecule has 2 N–H and O–H groups in total. The number of nitrogens with two attached hydrogens (primary N) is 1. The Bertz CT molecular complexity index is 323. The smallest absolute Gasteiger partial charge is 0.137 e. The van der Waals surface area contributed by atoms with E-state index < -0.39 is 0 Å². The summed E-state index contributed by atoms with van der Waals surface area (Å²) < 4.78 is 12.9. The Hall–Kier alpha value is -1.22. The van der Waals surface area contributed by atoms with Crippen LogP contribution in [0.25, 0.3) is 0 Å². The number of ketones is 1. The quantitative estimate of drug-likeness (QED) is 0.760. The first-order chi connectivity index (χ1) is 6.13. The first-order valence-electron chi connectivity index (χ1n) is 3.95. The van der Waals surface area contributed by atoms with Crippen LogP contribution in [0.2, 0.25) is 0 Å². The van der Waals surface area contributed by atoms with Gasteiger partial charge in [0.2, 0.25) is 0 Å². The van der Waals surface area contributed by atoms with Crippen molar-refractivity contribution >= 4 is 5.78 Å². The van der Waals surface area contributed by atoms with Crippen molar-refractivity contribution in [2.45, 2.75) is 13.0 Å². The van der Waals surface area contributed by atoms with E-state index in [-0.39, 0.29) is 24.6 Å². The van der Waals surface area contributed by atoms with Gasteiger partial charge >= 0.3 is 0 Å². The number of rotatable bonds is 3. The number of hydrogen-bond donors (Lipinski definition) is 1. The van der Waals surface area contributed by atoms with Gasteiger partial charge in [-0.3, -0.25) is 4.79 Å². The molecule has 0 amide bonds. The van der Waals surface area contributed by atoms with Crippen molar-refractivity contribution in [2.24, 2.45) is 5.73 Å². The molecule has 1 aromatic carbocycles. The van der Waals surface area contributed by atoms with Crippen LogP contribution in [-0.2, 0) is 17.8 Å². The number of halogens is 1. The van der Waals surface area contributed by atoms with Gasteiger partial charge in [-0.05, 0) is 11.6 Å². The van der Waals surface area contributed by atoms with Crippen molar-refractivity contribution in [1.29, 1.82) is 0 Å². The van der Waals surface area contributed by atoms with Crippen molar-refractivity contribution in [2.75, 3.05) is 0 Å². The summed E-state index contributed by atoms with van der Waals surface area (Å²) in [6, 6.07) is 4.48. The summed E-state index contributed by atoms with van der Waals surface area (Å²) in [5.41, 5.74) is 6.49. The van der Waals surface area contributed by atoms with Crippen molar-refractivity contribution in [1.82, 2.24) is 0 Å². The van der Waals surface area contributed by atoms with Gasteiger partial charge in [-0.15, -0.1) is 0 Å². The van der Waals surface area contributed by atoms with E-state index in [4.69, 9.17) is 5.73 Å². The molecule has 69 valence electrons. The fraction of sp³-hybridized carbons (Fsp3) is 0.200. The Morgan fingerprint density at radius 3 is 2.77 bits per heavy atom. The van der Waals surface area contributed by atoms with Crippen LogP contribution in [0.3, 0.4) is 0 Å². The second kappa shape index (κ2) is 4.14. The van der Waals surface area contributed by atoms with Gasteiger partial charge in [0.05, 0.1) is 0 Å². The monoisotopic (exact) mass is 180 g/mol. The Kier molecular flexibility index (Phi) is 3.14. The molecule has 13 heavy (non-hydrogen) atoms. The molecule has 0 aliphatic heterocycles. The number of benzene rings is 1. The molecule has 0 heterocycles. The number of carbonyl (C=O) groups is 1. The van der Waals surface area contributed by atoms with E-state index in [1.807, 2.05) is 0 Å².